The van der Waals surface area contributed by atoms with Crippen LogP contribution < -0.4 is 0 Å². The predicted octanol–water partition coefficient (Wildman–Crippen LogP) is 5.04. The summed E-state index contributed by atoms with van der Waals surface area (Å²) < 4.78 is 9.95. The van der Waals surface area contributed by atoms with Gasteiger partial charge in [0.2, 0.25) is 0 Å². The van der Waals surface area contributed by atoms with Gasteiger partial charge in [-0.25, -0.2) is 0 Å². The van der Waals surface area contributed by atoms with E-state index in [0.717, 1.165) is 12.8 Å². The van der Waals surface area contributed by atoms with Crippen LogP contribution in [0.1, 0.15) is 91.4 Å². The zero-order valence-electron chi connectivity index (χ0n) is 15.4. The molecule has 0 aliphatic rings. The highest BCUT2D eigenvalue weighted by Gasteiger charge is 2.28. The molecule has 0 atom stereocenters. The highest BCUT2D eigenvalue weighted by atomic mass is 16.6. The van der Waals surface area contributed by atoms with Gasteiger partial charge in [0.1, 0.15) is 0 Å². The van der Waals surface area contributed by atoms with Gasteiger partial charge in [0.05, 0.1) is 13.2 Å². The lowest BCUT2D eigenvalue weighted by Gasteiger charge is -2.14. The van der Waals surface area contributed by atoms with Gasteiger partial charge in [0.15, 0.2) is 5.92 Å². The van der Waals surface area contributed by atoms with Crippen molar-refractivity contribution >= 4 is 11.9 Å². The van der Waals surface area contributed by atoms with Gasteiger partial charge < -0.3 is 9.47 Å². The average molecular weight is 328 g/mol. The van der Waals surface area contributed by atoms with E-state index in [1.165, 1.54) is 51.4 Å². The minimum atomic E-state index is -0.746. The van der Waals surface area contributed by atoms with Gasteiger partial charge in [-0.3, -0.25) is 9.59 Å². The van der Waals surface area contributed by atoms with E-state index in [1.807, 2.05) is 0 Å². The van der Waals surface area contributed by atoms with Crippen molar-refractivity contribution in [3.05, 3.63) is 0 Å². The lowest BCUT2D eigenvalue weighted by molar-refractivity contribution is -0.161. The molecule has 0 aromatic rings. The fourth-order valence-electron chi connectivity index (χ4n) is 2.65. The largest absolute Gasteiger partial charge is 0.465 e. The van der Waals surface area contributed by atoms with Crippen molar-refractivity contribution < 1.29 is 19.1 Å². The van der Waals surface area contributed by atoms with E-state index in [0.29, 0.717) is 19.6 Å². The normalized spacial score (nSPS) is 10.8. The van der Waals surface area contributed by atoms with Crippen molar-refractivity contribution in [3.63, 3.8) is 0 Å². The molecule has 0 unspecified atom stereocenters. The summed E-state index contributed by atoms with van der Waals surface area (Å²) in [4.78, 5) is 23.7. The number of unbranched alkanes of at least 4 members (excludes halogenated alkanes) is 9. The van der Waals surface area contributed by atoms with Crippen molar-refractivity contribution in [2.45, 2.75) is 91.4 Å². The smallest absolute Gasteiger partial charge is 0.320 e. The maximum atomic E-state index is 11.8. The molecule has 0 N–H and O–H groups in total. The Morgan fingerprint density at radius 1 is 0.652 bits per heavy atom. The van der Waals surface area contributed by atoms with Gasteiger partial charge in [0.25, 0.3) is 0 Å². The molecule has 0 rings (SSSR count). The van der Waals surface area contributed by atoms with E-state index in [4.69, 9.17) is 9.47 Å². The third-order valence-corrected chi connectivity index (χ3v) is 3.99. The minimum Gasteiger partial charge on any atom is -0.465 e. The molecule has 4 heteroatoms. The molecule has 0 saturated heterocycles. The van der Waals surface area contributed by atoms with E-state index >= 15 is 0 Å². The molecule has 0 radical (unpaired) electrons. The first kappa shape index (κ1) is 21.9. The van der Waals surface area contributed by atoms with Crippen molar-refractivity contribution in [1.82, 2.24) is 0 Å². The van der Waals surface area contributed by atoms with Gasteiger partial charge >= 0.3 is 11.9 Å². The van der Waals surface area contributed by atoms with Crippen LogP contribution in [0.3, 0.4) is 0 Å². The van der Waals surface area contributed by atoms with Crippen LogP contribution in [0.15, 0.2) is 0 Å². The first-order valence-electron chi connectivity index (χ1n) is 9.50. The molecule has 0 saturated carbocycles. The second-order valence-corrected chi connectivity index (χ2v) is 6.03. The van der Waals surface area contributed by atoms with E-state index < -0.39 is 17.9 Å². The van der Waals surface area contributed by atoms with Crippen molar-refractivity contribution in [2.24, 2.45) is 5.92 Å². The van der Waals surface area contributed by atoms with Crippen molar-refractivity contribution in [1.29, 1.82) is 0 Å². The Morgan fingerprint density at radius 3 is 1.43 bits per heavy atom. The molecule has 23 heavy (non-hydrogen) atoms. The monoisotopic (exact) mass is 328 g/mol. The topological polar surface area (TPSA) is 52.6 Å². The van der Waals surface area contributed by atoms with Gasteiger partial charge in [-0.05, 0) is 20.3 Å². The quantitative estimate of drug-likeness (QED) is 0.240. The summed E-state index contributed by atoms with van der Waals surface area (Å²) in [6.45, 7) is 6.33. The van der Waals surface area contributed by atoms with Crippen LogP contribution in [0.4, 0.5) is 0 Å². The highest BCUT2D eigenvalue weighted by molar-refractivity contribution is 5.94. The Hall–Kier alpha value is -1.06. The van der Waals surface area contributed by atoms with E-state index in [-0.39, 0.29) is 0 Å². The number of ether oxygens (including phenoxy) is 2. The third-order valence-electron chi connectivity index (χ3n) is 3.99. The molecule has 136 valence electrons. The summed E-state index contributed by atoms with van der Waals surface area (Å²) in [5.41, 5.74) is 0. The number of hydrogen-bond donors (Lipinski definition) is 0. The molecular formula is C19H36O4. The van der Waals surface area contributed by atoms with Crippen LogP contribution in [0.25, 0.3) is 0 Å². The second-order valence-electron chi connectivity index (χ2n) is 6.03. The summed E-state index contributed by atoms with van der Waals surface area (Å²) in [5, 5.41) is 0. The molecule has 0 bridgehead atoms. The zero-order chi connectivity index (χ0) is 17.3. The Kier molecular flexibility index (Phi) is 15.1. The molecule has 0 aliphatic carbocycles. The first-order chi connectivity index (χ1) is 11.2. The third kappa shape index (κ3) is 12.1. The van der Waals surface area contributed by atoms with Crippen LogP contribution in [0, 0.1) is 5.92 Å². The lowest BCUT2D eigenvalue weighted by atomic mass is 10.00. The first-order valence-corrected chi connectivity index (χ1v) is 9.50. The summed E-state index contributed by atoms with van der Waals surface area (Å²) >= 11 is 0. The highest BCUT2D eigenvalue weighted by Crippen LogP contribution is 2.16. The maximum absolute atomic E-state index is 11.8. The minimum absolute atomic E-state index is 0.298. The van der Waals surface area contributed by atoms with Gasteiger partial charge in [0, 0.05) is 0 Å². The Balaban J connectivity index is 3.78. The van der Waals surface area contributed by atoms with Gasteiger partial charge in [-0.15, -0.1) is 0 Å². The summed E-state index contributed by atoms with van der Waals surface area (Å²) in [5.74, 6) is -1.63. The standard InChI is InChI=1S/C19H36O4/c1-4-7-8-9-10-11-12-13-14-15-16-17(18(20)22-5-2)19(21)23-6-3/h17H,4-16H2,1-3H3. The molecule has 0 aliphatic heterocycles. The van der Waals surface area contributed by atoms with Crippen molar-refractivity contribution in [2.75, 3.05) is 13.2 Å². The maximum Gasteiger partial charge on any atom is 0.320 e. The molecule has 0 aromatic carbocycles. The summed E-state index contributed by atoms with van der Waals surface area (Å²) in [6, 6.07) is 0. The van der Waals surface area contributed by atoms with Crippen LogP contribution >= 0.6 is 0 Å². The van der Waals surface area contributed by atoms with E-state index in [1.54, 1.807) is 13.8 Å². The number of hydrogen-bond acceptors (Lipinski definition) is 4. The van der Waals surface area contributed by atoms with E-state index in [2.05, 4.69) is 6.92 Å². The molecular weight excluding hydrogens is 292 g/mol. The molecule has 0 amide bonds. The van der Waals surface area contributed by atoms with Gasteiger partial charge in [-0.2, -0.15) is 0 Å². The molecule has 0 aromatic heterocycles. The lowest BCUT2D eigenvalue weighted by Crippen LogP contribution is -2.28. The number of carbonyl (C=O) groups is 2. The fraction of sp³-hybridized carbons (Fsp3) is 0.895. The van der Waals surface area contributed by atoms with Crippen LogP contribution in [0.5, 0.6) is 0 Å². The van der Waals surface area contributed by atoms with E-state index in [9.17, 15) is 9.59 Å². The molecule has 0 heterocycles. The van der Waals surface area contributed by atoms with Gasteiger partial charge in [-0.1, -0.05) is 71.1 Å². The SMILES string of the molecule is CCCCCCCCCCCCC(C(=O)OCC)C(=O)OCC. The van der Waals surface area contributed by atoms with Crippen LogP contribution in [-0.2, 0) is 19.1 Å². The number of carbonyl (C=O) groups excluding carboxylic acids is 2. The van der Waals surface area contributed by atoms with Crippen molar-refractivity contribution in [3.8, 4) is 0 Å². The summed E-state index contributed by atoms with van der Waals surface area (Å²) in [7, 11) is 0. The van der Waals surface area contributed by atoms with Crippen LogP contribution in [-0.4, -0.2) is 25.2 Å². The fourth-order valence-corrected chi connectivity index (χ4v) is 2.65. The Bertz CT molecular complexity index is 284. The second kappa shape index (κ2) is 15.8. The summed E-state index contributed by atoms with van der Waals surface area (Å²) in [6.07, 6.45) is 12.9. The molecule has 4 nitrogen and oxygen atoms in total. The number of rotatable bonds is 15. The number of esters is 2. The van der Waals surface area contributed by atoms with Crippen LogP contribution in [0.2, 0.25) is 0 Å². The molecule has 0 fully saturated rings. The predicted molar refractivity (Wildman–Crippen MR) is 93.2 cm³/mol. The molecule has 0 spiro atoms. The zero-order valence-corrected chi connectivity index (χ0v) is 15.4. The Labute approximate surface area is 142 Å². The average Bonchev–Trinajstić information content (AvgIpc) is 2.53. The Morgan fingerprint density at radius 2 is 1.04 bits per heavy atom.